The Balaban J connectivity index is 0.000000695. The molecule has 0 saturated carbocycles. The van der Waals surface area contributed by atoms with Gasteiger partial charge in [-0.25, -0.2) is 0 Å². The van der Waals surface area contributed by atoms with E-state index in [2.05, 4.69) is 68.4 Å². The topological polar surface area (TPSA) is 0 Å². The van der Waals surface area contributed by atoms with Crippen LogP contribution in [-0.4, -0.2) is 6.88 Å². The predicted octanol–water partition coefficient (Wildman–Crippen LogP) is 5.48. The van der Waals surface area contributed by atoms with Crippen molar-refractivity contribution >= 4 is 12.5 Å². The van der Waals surface area contributed by atoms with Gasteiger partial charge in [0.25, 0.3) is 0 Å². The minimum absolute atomic E-state index is 0. The van der Waals surface area contributed by atoms with Crippen molar-refractivity contribution in [1.29, 1.82) is 0 Å². The van der Waals surface area contributed by atoms with Crippen molar-refractivity contribution in [3.05, 3.63) is 91.7 Å². The molecule has 2 aromatic carbocycles. The van der Waals surface area contributed by atoms with Gasteiger partial charge in [-0.05, 0) is 18.4 Å². The number of allylic oxidation sites excluding steroid dienone is 4. The van der Waals surface area contributed by atoms with Gasteiger partial charge in [-0.2, -0.15) is 0 Å². The number of benzene rings is 2. The minimum atomic E-state index is 0. The molecule has 0 fully saturated rings. The average Bonchev–Trinajstić information content (AvgIpc) is 3.22. The number of rotatable bonds is 2. The van der Waals surface area contributed by atoms with Gasteiger partial charge in [0, 0.05) is 0 Å². The van der Waals surface area contributed by atoms with Crippen molar-refractivity contribution in [3.63, 3.8) is 0 Å². The number of hydrogen-bond donors (Lipinski definition) is 0. The van der Waals surface area contributed by atoms with Crippen molar-refractivity contribution in [2.24, 2.45) is 0 Å². The fraction of sp³-hybridized carbons (Fsp3) is 0.182. The summed E-state index contributed by atoms with van der Waals surface area (Å²) in [5.41, 5.74) is 9.79. The molecule has 0 spiro atoms. The molecule has 4 rings (SSSR count). The first-order chi connectivity index (χ1) is 10.9. The van der Waals surface area contributed by atoms with E-state index in [1.165, 1.54) is 62.3 Å². The molecule has 2 aliphatic carbocycles. The second-order valence-corrected chi connectivity index (χ2v) is 5.57. The maximum atomic E-state index is 3.72. The molecule has 0 nitrogen and oxygen atoms in total. The molecule has 0 bridgehead atoms. The summed E-state index contributed by atoms with van der Waals surface area (Å²) < 4.78 is 0. The zero-order valence-electron chi connectivity index (χ0n) is 14.7. The van der Waals surface area contributed by atoms with Crippen molar-refractivity contribution in [2.75, 3.05) is 0 Å². The molecule has 0 atom stereocenters. The number of fused-ring (bicyclic) bond motifs is 3. The molecule has 2 aliphatic rings. The first kappa shape index (κ1) is 21.1. The van der Waals surface area contributed by atoms with Gasteiger partial charge in [-0.1, -0.05) is 60.9 Å². The van der Waals surface area contributed by atoms with Crippen LogP contribution >= 0.6 is 0 Å². The van der Waals surface area contributed by atoms with Crippen LogP contribution in [0.4, 0.5) is 0 Å². The Bertz CT molecular complexity index is 772. The molecule has 122 valence electrons. The van der Waals surface area contributed by atoms with Crippen molar-refractivity contribution in [2.45, 2.75) is 26.2 Å². The van der Waals surface area contributed by atoms with Crippen LogP contribution in [0.5, 0.6) is 0 Å². The average molecular weight is 407 g/mol. The number of aryl methyl sites for hydroxylation is 1. The summed E-state index contributed by atoms with van der Waals surface area (Å²) in [6, 6.07) is 14.9. The molecular formula is C22H23SiZr-3. The standard InChI is InChI=1S/C20H17.2CH3.Si.Zr/c1-2-14-12-20-17(11-16-9-5-6-10-18(16)20)13-19(14)15-7-3-4-8-15;;;;/h3-7,9-10,12H,2,8,11H2,1H3;2*1H3;;/q3*-1;;. The van der Waals surface area contributed by atoms with Gasteiger partial charge in [0.05, 0.1) is 0 Å². The van der Waals surface area contributed by atoms with E-state index < -0.39 is 0 Å². The van der Waals surface area contributed by atoms with E-state index in [-0.39, 0.29) is 14.9 Å². The molecule has 2 aromatic rings. The molecule has 24 heavy (non-hydrogen) atoms. The predicted molar refractivity (Wildman–Crippen MR) is 103 cm³/mol. The first-order valence-corrected chi connectivity index (χ1v) is 11.8. The van der Waals surface area contributed by atoms with Crippen LogP contribution in [0.1, 0.15) is 35.6 Å². The van der Waals surface area contributed by atoms with Crippen LogP contribution in [-0.2, 0) is 36.2 Å². The molecule has 0 amide bonds. The Hall–Kier alpha value is -0.980. The Morgan fingerprint density at radius 2 is 1.88 bits per heavy atom. The Kier molecular flexibility index (Phi) is 8.33. The second kappa shape index (κ2) is 9.49. The van der Waals surface area contributed by atoms with Gasteiger partial charge in [0.15, 0.2) is 0 Å². The van der Waals surface area contributed by atoms with Crippen molar-refractivity contribution in [3.8, 4) is 11.1 Å². The van der Waals surface area contributed by atoms with E-state index in [9.17, 15) is 0 Å². The van der Waals surface area contributed by atoms with Gasteiger partial charge in [-0.15, -0.1) is 40.5 Å². The van der Waals surface area contributed by atoms with E-state index in [0.29, 0.717) is 0 Å². The Morgan fingerprint density at radius 1 is 1.12 bits per heavy atom. The van der Waals surface area contributed by atoms with Gasteiger partial charge in [0.1, 0.15) is 0 Å². The monoisotopic (exact) mass is 405 g/mol. The summed E-state index contributed by atoms with van der Waals surface area (Å²) in [5.74, 6) is 0. The van der Waals surface area contributed by atoms with Crippen LogP contribution in [0.3, 0.4) is 0 Å². The van der Waals surface area contributed by atoms with Crippen LogP contribution < -0.4 is 0 Å². The molecule has 0 heterocycles. The molecule has 0 aromatic heterocycles. The normalized spacial score (nSPS) is 12.8. The van der Waals surface area contributed by atoms with Gasteiger partial charge < -0.3 is 14.9 Å². The quantitative estimate of drug-likeness (QED) is 0.390. The van der Waals surface area contributed by atoms with Crippen molar-refractivity contribution in [1.82, 2.24) is 0 Å². The third-order valence-electron chi connectivity index (χ3n) is 4.39. The first-order valence-electron chi connectivity index (χ1n) is 7.64. The molecule has 0 aliphatic heterocycles. The van der Waals surface area contributed by atoms with Gasteiger partial charge in [-0.3, -0.25) is 0 Å². The molecule has 0 N–H and O–H groups in total. The molecule has 0 saturated heterocycles. The molecule has 2 heteroatoms. The third-order valence-corrected chi connectivity index (χ3v) is 4.39. The Labute approximate surface area is 164 Å². The fourth-order valence-electron chi connectivity index (χ4n) is 3.34. The fourth-order valence-corrected chi connectivity index (χ4v) is 3.34. The van der Waals surface area contributed by atoms with Crippen molar-refractivity contribution < 1.29 is 23.3 Å². The summed E-state index contributed by atoms with van der Waals surface area (Å²) in [5, 5.41) is 0. The van der Waals surface area contributed by atoms with E-state index >= 15 is 0 Å². The van der Waals surface area contributed by atoms with Gasteiger partial charge in [0.2, 0.25) is 0 Å². The van der Waals surface area contributed by atoms with E-state index in [1.54, 1.807) is 0 Å². The maximum absolute atomic E-state index is 3.72. The SMILES string of the molecule is CCc1cc2c([c-]c1C1=CC=CC1)Cc1ccccc1-2.[CH3-].[CH3-].[Si]=[Zr]. The van der Waals surface area contributed by atoms with E-state index in [1.807, 2.05) is 0 Å². The summed E-state index contributed by atoms with van der Waals surface area (Å²) in [4.78, 5) is 0. The third kappa shape index (κ3) is 3.81. The summed E-state index contributed by atoms with van der Waals surface area (Å²) in [6.45, 7) is 5.30. The summed E-state index contributed by atoms with van der Waals surface area (Å²) in [6.07, 6.45) is 9.77. The van der Waals surface area contributed by atoms with Gasteiger partial charge >= 0.3 is 30.2 Å². The van der Waals surface area contributed by atoms with E-state index in [0.717, 1.165) is 19.3 Å². The van der Waals surface area contributed by atoms with E-state index in [4.69, 9.17) is 0 Å². The second-order valence-electron chi connectivity index (χ2n) is 5.57. The van der Waals surface area contributed by atoms with Crippen LogP contribution in [0.25, 0.3) is 16.7 Å². The summed E-state index contributed by atoms with van der Waals surface area (Å²) in [7, 11) is 0. The number of hydrogen-bond acceptors (Lipinski definition) is 0. The zero-order chi connectivity index (χ0) is 15.5. The molecule has 0 unspecified atom stereocenters. The van der Waals surface area contributed by atoms with Crippen LogP contribution in [0.2, 0.25) is 0 Å². The summed E-state index contributed by atoms with van der Waals surface area (Å²) >= 11 is 1.36. The zero-order valence-corrected chi connectivity index (χ0v) is 18.2. The molecule has 2 radical (unpaired) electrons. The van der Waals surface area contributed by atoms with Crippen LogP contribution in [0.15, 0.2) is 48.6 Å². The Morgan fingerprint density at radius 3 is 2.54 bits per heavy atom. The van der Waals surface area contributed by atoms with Crippen LogP contribution in [0, 0.1) is 20.9 Å². The molecular weight excluding hydrogens is 384 g/mol.